The van der Waals surface area contributed by atoms with Crippen LogP contribution in [0.15, 0.2) is 18.2 Å². The Labute approximate surface area is 131 Å². The Bertz CT molecular complexity index is 464. The van der Waals surface area contributed by atoms with Gasteiger partial charge in [-0.05, 0) is 56.5 Å². The van der Waals surface area contributed by atoms with Crippen LogP contribution in [0, 0.1) is 0 Å². The molecule has 0 aliphatic carbocycles. The Hall–Kier alpha value is -0.280. The maximum Gasteiger partial charge on any atom is 0.0451 e. The fourth-order valence-electron chi connectivity index (χ4n) is 3.72. The first kappa shape index (κ1) is 14.6. The van der Waals surface area contributed by atoms with Crippen molar-refractivity contribution in [3.63, 3.8) is 0 Å². The molecule has 20 heavy (non-hydrogen) atoms. The third kappa shape index (κ3) is 3.14. The molecule has 1 N–H and O–H groups in total. The van der Waals surface area contributed by atoms with Crippen molar-refractivity contribution >= 4 is 23.2 Å². The molecule has 2 nitrogen and oxygen atoms in total. The second kappa shape index (κ2) is 6.23. The van der Waals surface area contributed by atoms with E-state index in [-0.39, 0.29) is 0 Å². The molecule has 1 aromatic rings. The van der Waals surface area contributed by atoms with Crippen LogP contribution in [0.25, 0.3) is 0 Å². The van der Waals surface area contributed by atoms with Crippen LogP contribution in [0.2, 0.25) is 10.0 Å². The fraction of sp³-hybridized carbons (Fsp3) is 0.625. The first-order chi connectivity index (χ1) is 9.63. The monoisotopic (exact) mass is 312 g/mol. The number of hydrogen-bond acceptors (Lipinski definition) is 2. The highest BCUT2D eigenvalue weighted by molar-refractivity contribution is 6.33. The summed E-state index contributed by atoms with van der Waals surface area (Å²) in [4.78, 5) is 2.59. The van der Waals surface area contributed by atoms with Gasteiger partial charge in [-0.1, -0.05) is 29.6 Å². The van der Waals surface area contributed by atoms with Gasteiger partial charge in [0.05, 0.1) is 0 Å². The van der Waals surface area contributed by atoms with Crippen molar-refractivity contribution in [1.82, 2.24) is 10.2 Å². The van der Waals surface area contributed by atoms with E-state index in [0.29, 0.717) is 6.04 Å². The van der Waals surface area contributed by atoms with E-state index in [1.807, 2.05) is 18.2 Å². The highest BCUT2D eigenvalue weighted by Gasteiger charge is 2.35. The summed E-state index contributed by atoms with van der Waals surface area (Å²) < 4.78 is 0. The minimum Gasteiger partial charge on any atom is -0.310 e. The number of nitrogens with zero attached hydrogens (tertiary/aromatic N) is 1. The van der Waals surface area contributed by atoms with E-state index in [4.69, 9.17) is 23.2 Å². The quantitative estimate of drug-likeness (QED) is 0.904. The van der Waals surface area contributed by atoms with Gasteiger partial charge in [-0.3, -0.25) is 0 Å². The van der Waals surface area contributed by atoms with E-state index in [1.165, 1.54) is 32.1 Å². The molecule has 2 saturated heterocycles. The average Bonchev–Trinajstić information content (AvgIpc) is 2.40. The van der Waals surface area contributed by atoms with E-state index in [1.54, 1.807) is 0 Å². The van der Waals surface area contributed by atoms with Crippen LogP contribution in [0.1, 0.15) is 37.7 Å². The van der Waals surface area contributed by atoms with E-state index in [2.05, 4.69) is 17.3 Å². The molecule has 0 radical (unpaired) electrons. The van der Waals surface area contributed by atoms with E-state index in [9.17, 15) is 0 Å². The highest BCUT2D eigenvalue weighted by atomic mass is 35.5. The van der Waals surface area contributed by atoms with E-state index in [0.717, 1.165) is 34.2 Å². The lowest BCUT2D eigenvalue weighted by Crippen LogP contribution is -2.54. The summed E-state index contributed by atoms with van der Waals surface area (Å²) >= 11 is 12.3. The van der Waals surface area contributed by atoms with Gasteiger partial charge in [0.25, 0.3) is 0 Å². The number of piperidine rings is 2. The number of benzene rings is 1. The first-order valence-corrected chi connectivity index (χ1v) is 8.28. The molecule has 2 unspecified atom stereocenters. The Morgan fingerprint density at radius 1 is 1.20 bits per heavy atom. The molecule has 0 saturated carbocycles. The van der Waals surface area contributed by atoms with Crippen molar-refractivity contribution in [2.45, 2.75) is 56.8 Å². The summed E-state index contributed by atoms with van der Waals surface area (Å²) in [5.74, 6) is 0. The Morgan fingerprint density at radius 3 is 2.60 bits per heavy atom. The van der Waals surface area contributed by atoms with Crippen LogP contribution in [-0.4, -0.2) is 30.1 Å². The maximum absolute atomic E-state index is 6.23. The van der Waals surface area contributed by atoms with Gasteiger partial charge in [0, 0.05) is 34.7 Å². The van der Waals surface area contributed by atoms with E-state index < -0.39 is 0 Å². The van der Waals surface area contributed by atoms with Gasteiger partial charge in [0.1, 0.15) is 0 Å². The van der Waals surface area contributed by atoms with Crippen LogP contribution in [0.4, 0.5) is 0 Å². The minimum absolute atomic E-state index is 0.608. The molecule has 2 bridgehead atoms. The van der Waals surface area contributed by atoms with Gasteiger partial charge < -0.3 is 10.2 Å². The Kier molecular flexibility index (Phi) is 4.56. The molecule has 0 amide bonds. The zero-order valence-electron chi connectivity index (χ0n) is 11.9. The molecule has 0 spiro atoms. The lowest BCUT2D eigenvalue weighted by molar-refractivity contribution is 0.0482. The molecule has 2 aliphatic heterocycles. The molecular formula is C16H22Cl2N2. The third-order valence-electron chi connectivity index (χ3n) is 4.93. The summed E-state index contributed by atoms with van der Waals surface area (Å²) in [6.07, 6.45) is 6.61. The maximum atomic E-state index is 6.23. The second-order valence-electron chi connectivity index (χ2n) is 6.19. The topological polar surface area (TPSA) is 15.3 Å². The average molecular weight is 313 g/mol. The minimum atomic E-state index is 0.608. The van der Waals surface area contributed by atoms with Gasteiger partial charge in [-0.15, -0.1) is 0 Å². The van der Waals surface area contributed by atoms with Crippen LogP contribution in [0.5, 0.6) is 0 Å². The van der Waals surface area contributed by atoms with Crippen molar-refractivity contribution in [3.05, 3.63) is 33.8 Å². The largest absolute Gasteiger partial charge is 0.310 e. The molecule has 3 rings (SSSR count). The number of nitrogens with one attached hydrogen (secondary N) is 1. The van der Waals surface area contributed by atoms with Gasteiger partial charge in [-0.25, -0.2) is 0 Å². The number of halogens is 2. The zero-order chi connectivity index (χ0) is 14.1. The lowest BCUT2D eigenvalue weighted by atomic mass is 9.82. The number of rotatable bonds is 3. The van der Waals surface area contributed by atoms with Crippen LogP contribution in [0.3, 0.4) is 0 Å². The lowest BCUT2D eigenvalue weighted by Gasteiger charge is -2.47. The number of hydrogen-bond donors (Lipinski definition) is 1. The van der Waals surface area contributed by atoms with Crippen LogP contribution >= 0.6 is 23.2 Å². The normalized spacial score (nSPS) is 30.4. The molecule has 2 aliphatic rings. The fourth-order valence-corrected chi connectivity index (χ4v) is 4.09. The molecule has 4 heteroatoms. The van der Waals surface area contributed by atoms with Crippen LogP contribution in [-0.2, 0) is 6.54 Å². The van der Waals surface area contributed by atoms with Crippen molar-refractivity contribution < 1.29 is 0 Å². The summed E-state index contributed by atoms with van der Waals surface area (Å²) in [5.41, 5.74) is 1.10. The summed E-state index contributed by atoms with van der Waals surface area (Å²) in [5, 5.41) is 5.24. The van der Waals surface area contributed by atoms with Gasteiger partial charge in [0.2, 0.25) is 0 Å². The Morgan fingerprint density at radius 2 is 1.90 bits per heavy atom. The van der Waals surface area contributed by atoms with Gasteiger partial charge in [0.15, 0.2) is 0 Å². The smallest absolute Gasteiger partial charge is 0.0451 e. The predicted molar refractivity (Wildman–Crippen MR) is 85.5 cm³/mol. The number of fused-ring (bicyclic) bond motifs is 2. The van der Waals surface area contributed by atoms with Crippen molar-refractivity contribution in [2.24, 2.45) is 0 Å². The first-order valence-electron chi connectivity index (χ1n) is 7.52. The molecular weight excluding hydrogens is 291 g/mol. The standard InChI is InChI=1S/C16H22Cl2N2/c1-20-14-3-2-4-15(20)9-13(8-14)19-10-11-7-12(17)5-6-16(11)18/h5-7,13-15,19H,2-4,8-10H2,1H3. The SMILES string of the molecule is CN1C2CCCC1CC(NCc1cc(Cl)ccc1Cl)C2. The molecule has 2 heterocycles. The van der Waals surface area contributed by atoms with E-state index >= 15 is 0 Å². The van der Waals surface area contributed by atoms with Gasteiger partial charge in [-0.2, -0.15) is 0 Å². The predicted octanol–water partition coefficient (Wildman–Crippen LogP) is 4.10. The van der Waals surface area contributed by atoms with Crippen LogP contribution < -0.4 is 5.32 Å². The van der Waals surface area contributed by atoms with Crippen molar-refractivity contribution in [1.29, 1.82) is 0 Å². The second-order valence-corrected chi connectivity index (χ2v) is 7.03. The molecule has 2 fully saturated rings. The summed E-state index contributed by atoms with van der Waals surface area (Å²) in [6, 6.07) is 7.81. The van der Waals surface area contributed by atoms with Crippen molar-refractivity contribution in [2.75, 3.05) is 7.05 Å². The van der Waals surface area contributed by atoms with Crippen molar-refractivity contribution in [3.8, 4) is 0 Å². The summed E-state index contributed by atoms with van der Waals surface area (Å²) in [7, 11) is 2.29. The Balaban J connectivity index is 1.60. The molecule has 110 valence electrons. The summed E-state index contributed by atoms with van der Waals surface area (Å²) in [6.45, 7) is 0.813. The van der Waals surface area contributed by atoms with Gasteiger partial charge >= 0.3 is 0 Å². The molecule has 2 atom stereocenters. The highest BCUT2D eigenvalue weighted by Crippen LogP contribution is 2.33. The molecule has 1 aromatic carbocycles. The molecule has 0 aromatic heterocycles. The third-order valence-corrected chi connectivity index (χ3v) is 5.53. The zero-order valence-corrected chi connectivity index (χ0v) is 13.4.